The van der Waals surface area contributed by atoms with Crippen LogP contribution in [-0.4, -0.2) is 97.1 Å². The lowest BCUT2D eigenvalue weighted by atomic mass is 10.1. The molecule has 522 valence electrons. The number of rotatable bonds is 16. The second-order valence-electron chi connectivity index (χ2n) is 27.3. The van der Waals surface area contributed by atoms with Crippen molar-refractivity contribution in [3.63, 3.8) is 0 Å². The number of hydrogen-bond acceptors (Lipinski definition) is 13. The van der Waals surface area contributed by atoms with Gasteiger partial charge in [-0.05, 0) is 159 Å². The van der Waals surface area contributed by atoms with Gasteiger partial charge in [0, 0.05) is 176 Å². The average Bonchev–Trinajstić information content (AvgIpc) is 0.770. The monoisotopic (exact) mass is 1460 g/mol. The Morgan fingerprint density at radius 2 is 0.430 bits per heavy atom. The zero-order valence-corrected chi connectivity index (χ0v) is 65.0. The SMILES string of the molecule is C[Si](C)(c1ncccc1-c1ccccc1)c1ncccc1-c1ccncc1.C[Si](C)(c1ncccc1-c1ccccn1)c1ncccc1-c1ccccn1.C[Si](C)(c1ncccc1-c1cccnc1)c1ncccc1-c1cccnc1.C[Si](c1ccccc1)(c1ccccc1)c1ncccc1-c1ccncc1. The fourth-order valence-corrected chi connectivity index (χ4v) is 26.0. The number of nitrogens with zero attached hydrogens (tertiary/aromatic N) is 13. The molecule has 13 aromatic heterocycles. The van der Waals surface area contributed by atoms with Gasteiger partial charge in [0.15, 0.2) is 32.3 Å². The molecule has 0 fully saturated rings. The van der Waals surface area contributed by atoms with Crippen LogP contribution in [0.3, 0.4) is 0 Å². The van der Waals surface area contributed by atoms with Gasteiger partial charge in [0.2, 0.25) is 0 Å². The maximum Gasteiger partial charge on any atom is 0.169 e. The van der Waals surface area contributed by atoms with E-state index in [9.17, 15) is 0 Å². The molecule has 16 aromatic rings. The molecule has 0 N–H and O–H groups in total. The molecule has 3 aromatic carbocycles. The molecule has 0 unspecified atom stereocenters. The van der Waals surface area contributed by atoms with Gasteiger partial charge in [-0.1, -0.05) is 191 Å². The topological polar surface area (TPSA) is 168 Å². The molecular weight excluding hydrogens is 1380 g/mol. The van der Waals surface area contributed by atoms with Crippen molar-refractivity contribution in [3.05, 3.63) is 366 Å². The van der Waals surface area contributed by atoms with Crippen molar-refractivity contribution in [3.8, 4) is 78.1 Å². The number of benzene rings is 3. The van der Waals surface area contributed by atoms with Crippen LogP contribution in [-0.2, 0) is 0 Å². The van der Waals surface area contributed by atoms with E-state index in [1.807, 2.05) is 202 Å². The van der Waals surface area contributed by atoms with Gasteiger partial charge >= 0.3 is 0 Å². The Bertz CT molecular complexity index is 4810. The third-order valence-corrected chi connectivity index (χ3v) is 33.1. The maximum atomic E-state index is 4.92. The first-order valence-corrected chi connectivity index (χ1v) is 47.1. The van der Waals surface area contributed by atoms with Crippen molar-refractivity contribution >= 4 is 79.9 Å². The number of hydrogen-bond donors (Lipinski definition) is 0. The summed E-state index contributed by atoms with van der Waals surface area (Å²) in [6.07, 6.45) is 31.5. The molecule has 0 bridgehead atoms. The normalized spacial score (nSPS) is 11.3. The molecule has 13 nitrogen and oxygen atoms in total. The Morgan fingerprint density at radius 3 is 0.748 bits per heavy atom. The second kappa shape index (κ2) is 33.9. The summed E-state index contributed by atoms with van der Waals surface area (Å²) in [5.41, 5.74) is 15.5. The summed E-state index contributed by atoms with van der Waals surface area (Å²) in [6.45, 7) is 16.2. The average molecular weight is 1460 g/mol. The molecular formula is C90H81N13Si4. The maximum absolute atomic E-state index is 4.92. The molecule has 0 atom stereocenters. The molecule has 0 saturated heterocycles. The van der Waals surface area contributed by atoms with Crippen LogP contribution in [0.5, 0.6) is 0 Å². The van der Waals surface area contributed by atoms with E-state index in [1.54, 1.807) is 12.4 Å². The molecule has 107 heavy (non-hydrogen) atoms. The van der Waals surface area contributed by atoms with Crippen molar-refractivity contribution in [1.82, 2.24) is 64.8 Å². The van der Waals surface area contributed by atoms with Gasteiger partial charge < -0.3 is 0 Å². The molecule has 0 aliphatic carbocycles. The van der Waals surface area contributed by atoms with E-state index in [1.165, 1.54) is 37.9 Å². The fraction of sp³-hybridized carbons (Fsp3) is 0.0778. The van der Waals surface area contributed by atoms with E-state index in [2.05, 4.69) is 227 Å². The van der Waals surface area contributed by atoms with Gasteiger partial charge in [-0.2, -0.15) is 0 Å². The van der Waals surface area contributed by atoms with Crippen molar-refractivity contribution in [2.75, 3.05) is 0 Å². The molecule has 0 spiro atoms. The van der Waals surface area contributed by atoms with Crippen LogP contribution in [0, 0.1) is 0 Å². The van der Waals surface area contributed by atoms with Gasteiger partial charge in [0.1, 0.15) is 0 Å². The first kappa shape index (κ1) is 72.8. The third-order valence-electron chi connectivity index (χ3n) is 19.3. The largest absolute Gasteiger partial charge is 0.265 e. The molecule has 0 aliphatic heterocycles. The molecule has 13 heterocycles. The summed E-state index contributed by atoms with van der Waals surface area (Å²) in [4.78, 5) is 59.8. The highest BCUT2D eigenvalue weighted by Gasteiger charge is 2.40. The predicted octanol–water partition coefficient (Wildman–Crippen LogP) is 14.1. The molecule has 0 amide bonds. The van der Waals surface area contributed by atoms with Gasteiger partial charge in [-0.15, -0.1) is 0 Å². The summed E-state index contributed by atoms with van der Waals surface area (Å²) in [5, 5.41) is 10.6. The first-order chi connectivity index (χ1) is 52.3. The van der Waals surface area contributed by atoms with Crippen molar-refractivity contribution < 1.29 is 0 Å². The summed E-state index contributed by atoms with van der Waals surface area (Å²) < 4.78 is 0. The van der Waals surface area contributed by atoms with E-state index in [0.717, 1.165) is 87.8 Å². The van der Waals surface area contributed by atoms with Crippen LogP contribution in [0.25, 0.3) is 78.1 Å². The summed E-state index contributed by atoms with van der Waals surface area (Å²) in [5.74, 6) is 0. The lowest BCUT2D eigenvalue weighted by molar-refractivity contribution is 1.28. The van der Waals surface area contributed by atoms with Crippen LogP contribution in [0.1, 0.15) is 0 Å². The van der Waals surface area contributed by atoms with E-state index >= 15 is 0 Å². The smallest absolute Gasteiger partial charge is 0.169 e. The molecule has 0 aliphatic rings. The molecule has 16 rings (SSSR count). The zero-order chi connectivity index (χ0) is 73.9. The Balaban J connectivity index is 0.000000126. The number of aromatic nitrogens is 13. The van der Waals surface area contributed by atoms with E-state index in [-0.39, 0.29) is 0 Å². The lowest BCUT2D eigenvalue weighted by Crippen LogP contribution is -2.66. The number of pyridine rings is 13. The van der Waals surface area contributed by atoms with Crippen LogP contribution < -0.4 is 47.6 Å². The van der Waals surface area contributed by atoms with Gasteiger partial charge in [0.25, 0.3) is 0 Å². The minimum atomic E-state index is -2.24. The standard InChI is InChI=1S/C23H21N3Si.C23H20N2Si.2C22H20N4Si/c1-27(2,22-20(10-6-14-25-22)18-8-4-3-5-9-18)23-21(11-7-15-26-23)19-12-16-24-17-13-19;1-26(20-9-4-2-5-10-20,21-11-6-3-7-12-21)23-22(13-8-16-25-23)19-14-17-24-18-15-19;1-27(2,21-19(9-5-13-25-21)17-7-3-11-23-15-17)22-20(10-6-14-26-22)18-8-4-12-24-16-18;1-27(2,21-17(9-7-15-25-21)19-11-3-5-13-23-19)22-18(10-8-16-26-22)20-12-4-6-14-24-20/h3-17H,1-2H3;2-18H,1H3;2*3-16H,1-2H3. The van der Waals surface area contributed by atoms with Crippen molar-refractivity contribution in [2.24, 2.45) is 0 Å². The van der Waals surface area contributed by atoms with Crippen molar-refractivity contribution in [1.29, 1.82) is 0 Å². The van der Waals surface area contributed by atoms with Crippen LogP contribution in [0.2, 0.25) is 45.8 Å². The molecule has 0 radical (unpaired) electrons. The quantitative estimate of drug-likeness (QED) is 0.0839. The van der Waals surface area contributed by atoms with Gasteiger partial charge in [-0.3, -0.25) is 64.8 Å². The Labute approximate surface area is 630 Å². The highest BCUT2D eigenvalue weighted by Crippen LogP contribution is 2.27. The van der Waals surface area contributed by atoms with Gasteiger partial charge in [0.05, 0.1) is 11.4 Å². The Morgan fingerprint density at radius 1 is 0.178 bits per heavy atom. The second-order valence-corrected chi connectivity index (χ2v) is 43.8. The minimum Gasteiger partial charge on any atom is -0.265 e. The highest BCUT2D eigenvalue weighted by molar-refractivity contribution is 7.11. The molecule has 17 heteroatoms. The minimum absolute atomic E-state index is 0.941. The van der Waals surface area contributed by atoms with Gasteiger partial charge in [-0.25, -0.2) is 0 Å². The van der Waals surface area contributed by atoms with Crippen LogP contribution >= 0.6 is 0 Å². The summed E-state index contributed by atoms with van der Waals surface area (Å²) in [6, 6.07) is 89.2. The van der Waals surface area contributed by atoms with Crippen LogP contribution in [0.15, 0.2) is 366 Å². The molecule has 0 saturated carbocycles. The van der Waals surface area contributed by atoms with E-state index < -0.39 is 32.3 Å². The van der Waals surface area contributed by atoms with Crippen molar-refractivity contribution in [2.45, 2.75) is 45.8 Å². The Kier molecular flexibility index (Phi) is 23.1. The third kappa shape index (κ3) is 16.4. The summed E-state index contributed by atoms with van der Waals surface area (Å²) >= 11 is 0. The highest BCUT2D eigenvalue weighted by atomic mass is 28.3. The Hall–Kier alpha value is -12.5. The van der Waals surface area contributed by atoms with Crippen LogP contribution in [0.4, 0.5) is 0 Å². The fourth-order valence-electron chi connectivity index (χ4n) is 13.9. The lowest BCUT2D eigenvalue weighted by Gasteiger charge is -2.30. The predicted molar refractivity (Wildman–Crippen MR) is 448 cm³/mol. The summed E-state index contributed by atoms with van der Waals surface area (Å²) in [7, 11) is -8.79. The van der Waals surface area contributed by atoms with E-state index in [4.69, 9.17) is 34.9 Å². The van der Waals surface area contributed by atoms with E-state index in [0.29, 0.717) is 0 Å². The first-order valence-electron chi connectivity index (χ1n) is 35.6. The zero-order valence-electron chi connectivity index (χ0n) is 61.0.